The number of likely N-dealkylation sites (tertiary alicyclic amines) is 1. The van der Waals surface area contributed by atoms with Crippen molar-refractivity contribution >= 4 is 11.8 Å². The molecule has 27 heavy (non-hydrogen) atoms. The molecule has 1 saturated heterocycles. The summed E-state index contributed by atoms with van der Waals surface area (Å²) in [5.74, 6) is 0.709. The van der Waals surface area contributed by atoms with Gasteiger partial charge in [0.2, 0.25) is 11.8 Å². The normalized spacial score (nSPS) is 26.3. The summed E-state index contributed by atoms with van der Waals surface area (Å²) in [5.41, 5.74) is 1.51. The van der Waals surface area contributed by atoms with Crippen LogP contribution in [0.15, 0.2) is 30.3 Å². The van der Waals surface area contributed by atoms with Gasteiger partial charge in [-0.2, -0.15) is 0 Å². The molecule has 4 heteroatoms. The van der Waals surface area contributed by atoms with Crippen LogP contribution in [0.1, 0.15) is 64.9 Å². The highest BCUT2D eigenvalue weighted by atomic mass is 16.2. The molecule has 1 saturated carbocycles. The number of amides is 2. The van der Waals surface area contributed by atoms with Crippen molar-refractivity contribution in [1.82, 2.24) is 10.2 Å². The van der Waals surface area contributed by atoms with Crippen LogP contribution in [0, 0.1) is 17.3 Å². The van der Waals surface area contributed by atoms with E-state index in [4.69, 9.17) is 0 Å². The Morgan fingerprint density at radius 2 is 1.81 bits per heavy atom. The quantitative estimate of drug-likeness (QED) is 0.818. The van der Waals surface area contributed by atoms with E-state index in [0.717, 1.165) is 24.3 Å². The highest BCUT2D eigenvalue weighted by Gasteiger charge is 2.36. The van der Waals surface area contributed by atoms with Crippen molar-refractivity contribution in [1.29, 1.82) is 0 Å². The first-order valence-corrected chi connectivity index (χ1v) is 10.5. The molecule has 0 aromatic heterocycles. The Morgan fingerprint density at radius 3 is 2.44 bits per heavy atom. The minimum atomic E-state index is -0.203. The zero-order valence-electron chi connectivity index (χ0n) is 17.0. The van der Waals surface area contributed by atoms with Gasteiger partial charge in [0.25, 0.3) is 0 Å². The van der Waals surface area contributed by atoms with E-state index in [1.807, 2.05) is 35.2 Å². The van der Waals surface area contributed by atoms with Crippen molar-refractivity contribution < 1.29 is 9.59 Å². The second-order valence-corrected chi connectivity index (χ2v) is 9.06. The van der Waals surface area contributed by atoms with Gasteiger partial charge in [-0.15, -0.1) is 0 Å². The number of nitrogens with zero attached hydrogens (tertiary/aromatic N) is 1. The molecule has 1 atom stereocenters. The van der Waals surface area contributed by atoms with Crippen molar-refractivity contribution in [3.8, 4) is 0 Å². The van der Waals surface area contributed by atoms with Crippen LogP contribution in [0.5, 0.6) is 0 Å². The number of carbonyl (C=O) groups excluding carboxylic acids is 2. The second-order valence-electron chi connectivity index (χ2n) is 9.06. The summed E-state index contributed by atoms with van der Waals surface area (Å²) in [4.78, 5) is 26.8. The minimum absolute atomic E-state index is 0.0668. The lowest BCUT2D eigenvalue weighted by Crippen LogP contribution is -2.43. The summed E-state index contributed by atoms with van der Waals surface area (Å²) in [6.45, 7) is 8.13. The molecule has 3 rings (SSSR count). The lowest BCUT2D eigenvalue weighted by atomic mass is 9.69. The fourth-order valence-corrected chi connectivity index (χ4v) is 4.53. The van der Waals surface area contributed by atoms with Gasteiger partial charge in [0.1, 0.15) is 0 Å². The first kappa shape index (κ1) is 19.9. The maximum absolute atomic E-state index is 12.7. The first-order valence-electron chi connectivity index (χ1n) is 10.5. The van der Waals surface area contributed by atoms with Gasteiger partial charge in [0.05, 0.1) is 5.92 Å². The van der Waals surface area contributed by atoms with E-state index in [-0.39, 0.29) is 23.8 Å². The van der Waals surface area contributed by atoms with Crippen molar-refractivity contribution in [3.63, 3.8) is 0 Å². The molecule has 1 heterocycles. The van der Waals surface area contributed by atoms with Crippen LogP contribution in [-0.4, -0.2) is 29.3 Å². The van der Waals surface area contributed by atoms with Gasteiger partial charge >= 0.3 is 0 Å². The Balaban J connectivity index is 1.47. The van der Waals surface area contributed by atoms with Crippen LogP contribution in [0.3, 0.4) is 0 Å². The average Bonchev–Trinajstić information content (AvgIpc) is 3.04. The van der Waals surface area contributed by atoms with Crippen LogP contribution in [0.25, 0.3) is 0 Å². The summed E-state index contributed by atoms with van der Waals surface area (Å²) in [6.07, 6.45) is 6.06. The second kappa shape index (κ2) is 8.45. The van der Waals surface area contributed by atoms with Crippen LogP contribution in [0.2, 0.25) is 0 Å². The zero-order valence-corrected chi connectivity index (χ0v) is 17.0. The predicted octanol–water partition coefficient (Wildman–Crippen LogP) is 4.15. The fourth-order valence-electron chi connectivity index (χ4n) is 4.53. The van der Waals surface area contributed by atoms with Gasteiger partial charge in [0.15, 0.2) is 0 Å². The highest BCUT2D eigenvalue weighted by Crippen LogP contribution is 2.40. The average molecular weight is 371 g/mol. The summed E-state index contributed by atoms with van der Waals surface area (Å²) >= 11 is 0. The molecule has 1 N–H and O–H groups in total. The summed E-state index contributed by atoms with van der Waals surface area (Å²) < 4.78 is 0. The molecule has 148 valence electrons. The predicted molar refractivity (Wildman–Crippen MR) is 108 cm³/mol. The third-order valence-electron chi connectivity index (χ3n) is 6.89. The van der Waals surface area contributed by atoms with Crippen LogP contribution in [-0.2, 0) is 16.1 Å². The molecule has 1 aliphatic carbocycles. The monoisotopic (exact) mass is 370 g/mol. The van der Waals surface area contributed by atoms with E-state index >= 15 is 0 Å². The van der Waals surface area contributed by atoms with Crippen molar-refractivity contribution in [2.24, 2.45) is 17.3 Å². The molecule has 4 nitrogen and oxygen atoms in total. The number of hydrogen-bond donors (Lipinski definition) is 1. The maximum atomic E-state index is 12.7. The third-order valence-corrected chi connectivity index (χ3v) is 6.89. The molecule has 1 aromatic carbocycles. The van der Waals surface area contributed by atoms with E-state index in [1.165, 1.54) is 19.3 Å². The van der Waals surface area contributed by atoms with Crippen molar-refractivity contribution in [2.45, 2.75) is 71.9 Å². The molecule has 0 bridgehead atoms. The standard InChI is InChI=1S/C23H34N2O2/c1-4-23(2,3)19-10-12-20(13-11-19)24-22(27)18-14-21(26)25(16-18)15-17-8-6-5-7-9-17/h5-9,18-20H,4,10-16H2,1-3H3,(H,24,27)/t18-,19?,20?/m0/s1. The van der Waals surface area contributed by atoms with E-state index in [1.54, 1.807) is 0 Å². The van der Waals surface area contributed by atoms with Crippen molar-refractivity contribution in [2.75, 3.05) is 6.54 Å². The van der Waals surface area contributed by atoms with E-state index in [0.29, 0.717) is 24.9 Å². The molecular weight excluding hydrogens is 336 g/mol. The van der Waals surface area contributed by atoms with E-state index < -0.39 is 0 Å². The van der Waals surface area contributed by atoms with Crippen LogP contribution >= 0.6 is 0 Å². The fraction of sp³-hybridized carbons (Fsp3) is 0.652. The maximum Gasteiger partial charge on any atom is 0.225 e. The van der Waals surface area contributed by atoms with Gasteiger partial charge < -0.3 is 10.2 Å². The molecule has 1 aromatic rings. The summed E-state index contributed by atoms with van der Waals surface area (Å²) in [7, 11) is 0. The van der Waals surface area contributed by atoms with Crippen LogP contribution in [0.4, 0.5) is 0 Å². The van der Waals surface area contributed by atoms with Gasteiger partial charge in [0, 0.05) is 25.6 Å². The highest BCUT2D eigenvalue weighted by molar-refractivity contribution is 5.89. The van der Waals surface area contributed by atoms with Gasteiger partial charge in [-0.05, 0) is 42.6 Å². The Bertz CT molecular complexity index is 648. The number of benzene rings is 1. The molecule has 2 aliphatic rings. The minimum Gasteiger partial charge on any atom is -0.353 e. The molecule has 0 spiro atoms. The van der Waals surface area contributed by atoms with Gasteiger partial charge in [-0.3, -0.25) is 9.59 Å². The number of rotatable bonds is 6. The lowest BCUT2D eigenvalue weighted by Gasteiger charge is -2.39. The molecule has 0 unspecified atom stereocenters. The number of hydrogen-bond acceptors (Lipinski definition) is 2. The molecule has 2 amide bonds. The molecule has 2 fully saturated rings. The number of nitrogens with one attached hydrogen (secondary N) is 1. The smallest absolute Gasteiger partial charge is 0.225 e. The lowest BCUT2D eigenvalue weighted by molar-refractivity contribution is -0.129. The van der Waals surface area contributed by atoms with E-state index in [2.05, 4.69) is 26.1 Å². The largest absolute Gasteiger partial charge is 0.353 e. The number of carbonyl (C=O) groups is 2. The van der Waals surface area contributed by atoms with E-state index in [9.17, 15) is 9.59 Å². The Kier molecular flexibility index (Phi) is 6.23. The summed E-state index contributed by atoms with van der Waals surface area (Å²) in [6, 6.07) is 10.3. The Morgan fingerprint density at radius 1 is 1.15 bits per heavy atom. The Labute approximate surface area is 163 Å². The topological polar surface area (TPSA) is 49.4 Å². The summed E-state index contributed by atoms with van der Waals surface area (Å²) in [5, 5.41) is 3.24. The third kappa shape index (κ3) is 4.91. The van der Waals surface area contributed by atoms with Crippen LogP contribution < -0.4 is 5.32 Å². The SMILES string of the molecule is CCC(C)(C)C1CCC(NC(=O)[C@H]2CC(=O)N(Cc3ccccc3)C2)CC1. The van der Waals surface area contributed by atoms with Gasteiger partial charge in [-0.1, -0.05) is 57.5 Å². The first-order chi connectivity index (χ1) is 12.9. The molecule has 1 aliphatic heterocycles. The van der Waals surface area contributed by atoms with Crippen molar-refractivity contribution in [3.05, 3.63) is 35.9 Å². The molecular formula is C23H34N2O2. The van der Waals surface area contributed by atoms with Gasteiger partial charge in [-0.25, -0.2) is 0 Å². The zero-order chi connectivity index (χ0) is 19.4. The molecule has 0 radical (unpaired) electrons. The Hall–Kier alpha value is -1.84.